The standard InChI is InChI=1S/C15H16N2O5/c1-3-16-14(20)9(2)22-12(18)8-17-11-7-5-4-6-10(11)13(19)15(17)21/h4-7,9H,3,8H2,1-2H3,(H,16,20)/t9-/m1/s1. The molecule has 0 fully saturated rings. The Morgan fingerprint density at radius 2 is 1.95 bits per heavy atom. The van der Waals surface area contributed by atoms with E-state index in [4.69, 9.17) is 4.74 Å². The first-order valence-electron chi connectivity index (χ1n) is 6.88. The molecule has 7 nitrogen and oxygen atoms in total. The maximum Gasteiger partial charge on any atom is 0.326 e. The van der Waals surface area contributed by atoms with Gasteiger partial charge in [0.05, 0.1) is 11.3 Å². The first kappa shape index (κ1) is 15.7. The highest BCUT2D eigenvalue weighted by Crippen LogP contribution is 2.28. The molecule has 22 heavy (non-hydrogen) atoms. The van der Waals surface area contributed by atoms with Gasteiger partial charge in [-0.2, -0.15) is 0 Å². The molecule has 1 aromatic rings. The highest BCUT2D eigenvalue weighted by Gasteiger charge is 2.37. The van der Waals surface area contributed by atoms with E-state index < -0.39 is 36.2 Å². The summed E-state index contributed by atoms with van der Waals surface area (Å²) in [5.74, 6) is -2.60. The lowest BCUT2D eigenvalue weighted by molar-refractivity contribution is -0.153. The quantitative estimate of drug-likeness (QED) is 0.623. The molecular formula is C15H16N2O5. The maximum absolute atomic E-state index is 11.9. The summed E-state index contributed by atoms with van der Waals surface area (Å²) in [4.78, 5) is 48.1. The van der Waals surface area contributed by atoms with E-state index >= 15 is 0 Å². The zero-order valence-corrected chi connectivity index (χ0v) is 12.3. The number of nitrogens with one attached hydrogen (secondary N) is 1. The molecular weight excluding hydrogens is 288 g/mol. The Kier molecular flexibility index (Phi) is 4.55. The van der Waals surface area contributed by atoms with Crippen molar-refractivity contribution in [3.8, 4) is 0 Å². The van der Waals surface area contributed by atoms with Gasteiger partial charge in [0.1, 0.15) is 6.54 Å². The summed E-state index contributed by atoms with van der Waals surface area (Å²) in [6.45, 7) is 3.20. The highest BCUT2D eigenvalue weighted by atomic mass is 16.5. The van der Waals surface area contributed by atoms with Crippen LogP contribution >= 0.6 is 0 Å². The van der Waals surface area contributed by atoms with Crippen LogP contribution < -0.4 is 10.2 Å². The Hall–Kier alpha value is -2.70. The molecule has 1 aliphatic heterocycles. The third kappa shape index (κ3) is 2.98. The smallest absolute Gasteiger partial charge is 0.326 e. The van der Waals surface area contributed by atoms with E-state index in [0.29, 0.717) is 12.2 Å². The molecule has 0 saturated heterocycles. The van der Waals surface area contributed by atoms with Crippen LogP contribution in [0.2, 0.25) is 0 Å². The van der Waals surface area contributed by atoms with E-state index in [2.05, 4.69) is 5.32 Å². The van der Waals surface area contributed by atoms with Crippen molar-refractivity contribution < 1.29 is 23.9 Å². The number of esters is 1. The third-order valence-corrected chi connectivity index (χ3v) is 3.19. The molecule has 1 aromatic carbocycles. The molecule has 1 N–H and O–H groups in total. The van der Waals surface area contributed by atoms with Crippen LogP contribution in [0.3, 0.4) is 0 Å². The number of nitrogens with zero attached hydrogens (tertiary/aromatic N) is 1. The predicted molar refractivity (Wildman–Crippen MR) is 77.4 cm³/mol. The zero-order valence-electron chi connectivity index (χ0n) is 12.3. The summed E-state index contributed by atoms with van der Waals surface area (Å²) >= 11 is 0. The van der Waals surface area contributed by atoms with Crippen LogP contribution in [0.1, 0.15) is 24.2 Å². The maximum atomic E-state index is 11.9. The van der Waals surface area contributed by atoms with Crippen molar-refractivity contribution in [2.75, 3.05) is 18.0 Å². The Morgan fingerprint density at radius 3 is 2.64 bits per heavy atom. The van der Waals surface area contributed by atoms with Gasteiger partial charge in [-0.15, -0.1) is 0 Å². The van der Waals surface area contributed by atoms with E-state index in [0.717, 1.165) is 4.90 Å². The van der Waals surface area contributed by atoms with Crippen LogP contribution in [0.25, 0.3) is 0 Å². The van der Waals surface area contributed by atoms with Crippen molar-refractivity contribution in [3.05, 3.63) is 29.8 Å². The molecule has 0 bridgehead atoms. The summed E-state index contributed by atoms with van der Waals surface area (Å²) in [5, 5.41) is 2.52. The van der Waals surface area contributed by atoms with Crippen molar-refractivity contribution in [1.82, 2.24) is 5.32 Å². The normalized spacial score (nSPS) is 14.5. The monoisotopic (exact) mass is 304 g/mol. The summed E-state index contributed by atoms with van der Waals surface area (Å²) in [6.07, 6.45) is -0.962. The molecule has 0 aliphatic carbocycles. The van der Waals surface area contributed by atoms with Gasteiger partial charge in [0.15, 0.2) is 6.10 Å². The van der Waals surface area contributed by atoms with E-state index in [9.17, 15) is 19.2 Å². The van der Waals surface area contributed by atoms with Crippen molar-refractivity contribution in [2.24, 2.45) is 0 Å². The fourth-order valence-electron chi connectivity index (χ4n) is 2.14. The second kappa shape index (κ2) is 6.38. The first-order chi connectivity index (χ1) is 10.5. The molecule has 1 heterocycles. The van der Waals surface area contributed by atoms with E-state index in [1.807, 2.05) is 0 Å². The molecule has 7 heteroatoms. The fourth-order valence-corrected chi connectivity index (χ4v) is 2.14. The van der Waals surface area contributed by atoms with Crippen LogP contribution in [-0.4, -0.2) is 42.8 Å². The van der Waals surface area contributed by atoms with Crippen molar-refractivity contribution in [3.63, 3.8) is 0 Å². The number of ketones is 1. The van der Waals surface area contributed by atoms with Crippen molar-refractivity contribution in [1.29, 1.82) is 0 Å². The lowest BCUT2D eigenvalue weighted by atomic mass is 10.1. The molecule has 1 aliphatic rings. The molecule has 0 radical (unpaired) electrons. The minimum Gasteiger partial charge on any atom is -0.451 e. The first-order valence-corrected chi connectivity index (χ1v) is 6.88. The number of Topliss-reactive ketones (excluding diaryl/α,β-unsaturated/α-hetero) is 1. The van der Waals surface area contributed by atoms with Gasteiger partial charge in [0.2, 0.25) is 0 Å². The number of likely N-dealkylation sites (N-methyl/N-ethyl adjacent to an activating group) is 1. The zero-order chi connectivity index (χ0) is 16.3. The third-order valence-electron chi connectivity index (χ3n) is 3.19. The summed E-state index contributed by atoms with van der Waals surface area (Å²) < 4.78 is 4.97. The number of hydrogen-bond acceptors (Lipinski definition) is 5. The van der Waals surface area contributed by atoms with E-state index in [1.54, 1.807) is 25.1 Å². The van der Waals surface area contributed by atoms with Crippen LogP contribution in [0.15, 0.2) is 24.3 Å². The average Bonchev–Trinajstić information content (AvgIpc) is 2.73. The van der Waals surface area contributed by atoms with Crippen LogP contribution in [0.5, 0.6) is 0 Å². The van der Waals surface area contributed by atoms with E-state index in [1.165, 1.54) is 13.0 Å². The number of anilines is 1. The molecule has 0 unspecified atom stereocenters. The van der Waals surface area contributed by atoms with Gasteiger partial charge in [-0.1, -0.05) is 12.1 Å². The minimum atomic E-state index is -0.962. The van der Waals surface area contributed by atoms with Gasteiger partial charge in [-0.05, 0) is 26.0 Å². The minimum absolute atomic E-state index is 0.261. The average molecular weight is 304 g/mol. The van der Waals surface area contributed by atoms with Gasteiger partial charge >= 0.3 is 5.97 Å². The van der Waals surface area contributed by atoms with Gasteiger partial charge in [0.25, 0.3) is 17.6 Å². The molecule has 0 spiro atoms. The second-order valence-electron chi connectivity index (χ2n) is 4.76. The molecule has 2 rings (SSSR count). The number of rotatable bonds is 5. The fraction of sp³-hybridized carbons (Fsp3) is 0.333. The Bertz CT molecular complexity index is 641. The number of carbonyl (C=O) groups excluding carboxylic acids is 4. The number of ether oxygens (including phenoxy) is 1. The van der Waals surface area contributed by atoms with Gasteiger partial charge in [0, 0.05) is 6.54 Å². The van der Waals surface area contributed by atoms with Crippen LogP contribution in [-0.2, 0) is 19.1 Å². The number of carbonyl (C=O) groups is 4. The second-order valence-corrected chi connectivity index (χ2v) is 4.76. The van der Waals surface area contributed by atoms with Crippen molar-refractivity contribution >= 4 is 29.3 Å². The summed E-state index contributed by atoms with van der Waals surface area (Å²) in [5.41, 5.74) is 0.636. The predicted octanol–water partition coefficient (Wildman–Crippen LogP) is 0.284. The lowest BCUT2D eigenvalue weighted by Crippen LogP contribution is -2.40. The number of benzene rings is 1. The van der Waals surface area contributed by atoms with Gasteiger partial charge in [-0.25, -0.2) is 0 Å². The SMILES string of the molecule is CCNC(=O)[C@@H](C)OC(=O)CN1C(=O)C(=O)c2ccccc21. The number of para-hydroxylation sites is 1. The molecule has 2 amide bonds. The molecule has 1 atom stereocenters. The highest BCUT2D eigenvalue weighted by molar-refractivity contribution is 6.52. The number of fused-ring (bicyclic) bond motifs is 1. The van der Waals surface area contributed by atoms with Gasteiger partial charge < -0.3 is 10.1 Å². The Morgan fingerprint density at radius 1 is 1.27 bits per heavy atom. The number of hydrogen-bond donors (Lipinski definition) is 1. The van der Waals surface area contributed by atoms with Gasteiger partial charge in [-0.3, -0.25) is 24.1 Å². The van der Waals surface area contributed by atoms with Crippen molar-refractivity contribution in [2.45, 2.75) is 20.0 Å². The van der Waals surface area contributed by atoms with E-state index in [-0.39, 0.29) is 5.56 Å². The van der Waals surface area contributed by atoms with Crippen LogP contribution in [0.4, 0.5) is 5.69 Å². The summed E-state index contributed by atoms with van der Waals surface area (Å²) in [7, 11) is 0. The Balaban J connectivity index is 2.05. The number of amides is 2. The Labute approximate surface area is 127 Å². The largest absolute Gasteiger partial charge is 0.451 e. The topological polar surface area (TPSA) is 92.8 Å². The molecule has 0 saturated carbocycles. The summed E-state index contributed by atoms with van der Waals surface area (Å²) in [6, 6.07) is 6.42. The van der Waals surface area contributed by atoms with Crippen LogP contribution in [0, 0.1) is 0 Å². The lowest BCUT2D eigenvalue weighted by Gasteiger charge is -2.17. The molecule has 0 aromatic heterocycles. The molecule has 116 valence electrons.